The lowest BCUT2D eigenvalue weighted by Gasteiger charge is -2.21. The Balaban J connectivity index is 0.00000200. The summed E-state index contributed by atoms with van der Waals surface area (Å²) in [7, 11) is 3.83. The van der Waals surface area contributed by atoms with Crippen molar-refractivity contribution in [3.63, 3.8) is 0 Å². The monoisotopic (exact) mass is 392 g/mol. The molecular weight excluding hydrogens is 367 g/mol. The van der Waals surface area contributed by atoms with Gasteiger partial charge in [-0.1, -0.05) is 30.8 Å². The zero-order valence-corrected chi connectivity index (χ0v) is 14.7. The van der Waals surface area contributed by atoms with E-state index >= 15 is 0 Å². The summed E-state index contributed by atoms with van der Waals surface area (Å²) in [6.45, 7) is 1.71. The summed E-state index contributed by atoms with van der Waals surface area (Å²) in [6, 6.07) is 1.88. The van der Waals surface area contributed by atoms with E-state index in [2.05, 4.69) is 20.4 Å². The first-order valence-electron chi connectivity index (χ1n) is 7.10. The Labute approximate surface area is 138 Å². The quantitative estimate of drug-likeness (QED) is 0.476. The molecule has 0 atom stereocenters. The van der Waals surface area contributed by atoms with E-state index in [1.165, 1.54) is 32.1 Å². The molecule has 0 unspecified atom stereocenters. The highest BCUT2D eigenvalue weighted by atomic mass is 127. The van der Waals surface area contributed by atoms with Gasteiger partial charge in [0.25, 0.3) is 0 Å². The highest BCUT2D eigenvalue weighted by Gasteiger charge is 2.15. The number of nitrogens with one attached hydrogen (secondary N) is 1. The Hall–Kier alpha value is -0.790. The first-order chi connectivity index (χ1) is 9.29. The Bertz CT molecular complexity index is 388. The second-order valence-corrected chi connectivity index (χ2v) is 5.26. The van der Waals surface area contributed by atoms with E-state index in [9.17, 15) is 0 Å². The van der Waals surface area contributed by atoms with Crippen molar-refractivity contribution >= 4 is 29.9 Å². The fraction of sp³-hybridized carbons (Fsp3) is 0.714. The van der Waals surface area contributed by atoms with Crippen LogP contribution in [-0.2, 0) is 6.54 Å². The third-order valence-electron chi connectivity index (χ3n) is 3.77. The van der Waals surface area contributed by atoms with Gasteiger partial charge in [0.15, 0.2) is 5.96 Å². The number of nitrogens with zero attached hydrogens (tertiary/aromatic N) is 3. The van der Waals surface area contributed by atoms with Crippen LogP contribution < -0.4 is 5.32 Å². The standard InChI is InChI=1S/C14H24N4O.HI/c1-15-14(16-9-7-12-5-3-4-6-12)18(2)11-13-8-10-19-17-13;/h8,10,12H,3-7,9,11H2,1-2H3,(H,15,16);1H. The molecule has 0 spiro atoms. The van der Waals surface area contributed by atoms with E-state index in [0.717, 1.165) is 24.1 Å². The van der Waals surface area contributed by atoms with E-state index in [-0.39, 0.29) is 24.0 Å². The lowest BCUT2D eigenvalue weighted by molar-refractivity contribution is 0.390. The molecule has 1 aromatic rings. The minimum atomic E-state index is 0. The number of hydrogen-bond acceptors (Lipinski definition) is 3. The molecule has 0 amide bonds. The molecule has 0 radical (unpaired) electrons. The summed E-state index contributed by atoms with van der Waals surface area (Å²) >= 11 is 0. The predicted molar refractivity (Wildman–Crippen MR) is 91.3 cm³/mol. The summed E-state index contributed by atoms with van der Waals surface area (Å²) in [4.78, 5) is 6.37. The van der Waals surface area contributed by atoms with Crippen molar-refractivity contribution in [2.75, 3.05) is 20.6 Å². The van der Waals surface area contributed by atoms with Crippen molar-refractivity contribution in [1.29, 1.82) is 0 Å². The lowest BCUT2D eigenvalue weighted by atomic mass is 10.0. The van der Waals surface area contributed by atoms with E-state index in [1.54, 1.807) is 6.26 Å². The molecule has 1 aliphatic carbocycles. The van der Waals surface area contributed by atoms with Gasteiger partial charge in [0.2, 0.25) is 0 Å². The van der Waals surface area contributed by atoms with Gasteiger partial charge in [0, 0.05) is 26.7 Å². The van der Waals surface area contributed by atoms with Crippen LogP contribution in [0.2, 0.25) is 0 Å². The van der Waals surface area contributed by atoms with Gasteiger partial charge < -0.3 is 14.7 Å². The third kappa shape index (κ3) is 5.30. The van der Waals surface area contributed by atoms with Crippen LogP contribution in [0.15, 0.2) is 21.8 Å². The largest absolute Gasteiger partial charge is 0.364 e. The average Bonchev–Trinajstić information content (AvgIpc) is 3.07. The minimum Gasteiger partial charge on any atom is -0.364 e. The van der Waals surface area contributed by atoms with Crippen LogP contribution >= 0.6 is 24.0 Å². The summed E-state index contributed by atoms with van der Waals surface area (Å²) < 4.78 is 4.84. The van der Waals surface area contributed by atoms with Crippen LogP contribution in [0.4, 0.5) is 0 Å². The van der Waals surface area contributed by atoms with Crippen LogP contribution in [-0.4, -0.2) is 36.7 Å². The highest BCUT2D eigenvalue weighted by Crippen LogP contribution is 2.26. The summed E-state index contributed by atoms with van der Waals surface area (Å²) in [5.41, 5.74) is 0.918. The van der Waals surface area contributed by atoms with Crippen LogP contribution in [0.25, 0.3) is 0 Å². The number of aliphatic imine (C=N–C) groups is 1. The molecule has 20 heavy (non-hydrogen) atoms. The fourth-order valence-corrected chi connectivity index (χ4v) is 2.71. The van der Waals surface area contributed by atoms with E-state index in [1.807, 2.05) is 20.2 Å². The highest BCUT2D eigenvalue weighted by molar-refractivity contribution is 14.0. The first kappa shape index (κ1) is 17.3. The Morgan fingerprint density at radius 1 is 1.50 bits per heavy atom. The molecule has 1 aliphatic rings. The molecule has 5 nitrogen and oxygen atoms in total. The van der Waals surface area contributed by atoms with Crippen molar-refractivity contribution in [3.05, 3.63) is 18.0 Å². The maximum atomic E-state index is 4.84. The molecule has 2 rings (SSSR count). The second kappa shape index (κ2) is 9.20. The van der Waals surface area contributed by atoms with E-state index < -0.39 is 0 Å². The Kier molecular flexibility index (Phi) is 7.94. The zero-order valence-electron chi connectivity index (χ0n) is 12.3. The summed E-state index contributed by atoms with van der Waals surface area (Å²) in [5.74, 6) is 1.83. The average molecular weight is 392 g/mol. The SMILES string of the molecule is CN=C(NCCC1CCCC1)N(C)Cc1ccon1.I. The molecular formula is C14H25IN4O. The number of halogens is 1. The first-order valence-corrected chi connectivity index (χ1v) is 7.10. The molecule has 6 heteroatoms. The number of guanidine groups is 1. The molecule has 114 valence electrons. The van der Waals surface area contributed by atoms with Crippen molar-refractivity contribution in [2.24, 2.45) is 10.9 Å². The number of aromatic nitrogens is 1. The van der Waals surface area contributed by atoms with Crippen LogP contribution in [0.1, 0.15) is 37.8 Å². The minimum absolute atomic E-state index is 0. The molecule has 0 bridgehead atoms. The van der Waals surface area contributed by atoms with Gasteiger partial charge in [-0.05, 0) is 12.3 Å². The molecule has 1 fully saturated rings. The molecule has 0 saturated heterocycles. The molecule has 1 aromatic heterocycles. The number of hydrogen-bond donors (Lipinski definition) is 1. The second-order valence-electron chi connectivity index (χ2n) is 5.26. The fourth-order valence-electron chi connectivity index (χ4n) is 2.71. The Morgan fingerprint density at radius 3 is 2.85 bits per heavy atom. The van der Waals surface area contributed by atoms with Gasteiger partial charge in [0.1, 0.15) is 12.0 Å². The van der Waals surface area contributed by atoms with Gasteiger partial charge >= 0.3 is 0 Å². The van der Waals surface area contributed by atoms with Gasteiger partial charge in [0.05, 0.1) is 6.54 Å². The van der Waals surface area contributed by atoms with Crippen molar-refractivity contribution < 1.29 is 4.52 Å². The van der Waals surface area contributed by atoms with E-state index in [0.29, 0.717) is 6.54 Å². The van der Waals surface area contributed by atoms with Crippen molar-refractivity contribution in [2.45, 2.75) is 38.6 Å². The van der Waals surface area contributed by atoms with Gasteiger partial charge in [-0.3, -0.25) is 4.99 Å². The molecule has 1 N–H and O–H groups in total. The molecule has 0 aromatic carbocycles. The summed E-state index contributed by atoms with van der Waals surface area (Å²) in [5, 5.41) is 7.34. The molecule has 1 saturated carbocycles. The smallest absolute Gasteiger partial charge is 0.193 e. The van der Waals surface area contributed by atoms with Gasteiger partial charge in [-0.15, -0.1) is 24.0 Å². The Morgan fingerprint density at radius 2 is 2.25 bits per heavy atom. The van der Waals surface area contributed by atoms with Crippen molar-refractivity contribution in [1.82, 2.24) is 15.4 Å². The maximum absolute atomic E-state index is 4.84. The lowest BCUT2D eigenvalue weighted by Crippen LogP contribution is -2.39. The maximum Gasteiger partial charge on any atom is 0.193 e. The van der Waals surface area contributed by atoms with Crippen LogP contribution in [0, 0.1) is 5.92 Å². The normalized spacial score (nSPS) is 16.0. The topological polar surface area (TPSA) is 53.7 Å². The van der Waals surface area contributed by atoms with E-state index in [4.69, 9.17) is 4.52 Å². The van der Waals surface area contributed by atoms with Crippen LogP contribution in [0.5, 0.6) is 0 Å². The van der Waals surface area contributed by atoms with Crippen LogP contribution in [0.3, 0.4) is 0 Å². The zero-order chi connectivity index (χ0) is 13.5. The number of rotatable bonds is 5. The van der Waals surface area contributed by atoms with Crippen molar-refractivity contribution in [3.8, 4) is 0 Å². The third-order valence-corrected chi connectivity index (χ3v) is 3.77. The predicted octanol–water partition coefficient (Wildman–Crippen LogP) is 2.88. The van der Waals surface area contributed by atoms with Gasteiger partial charge in [-0.2, -0.15) is 0 Å². The molecule has 0 aliphatic heterocycles. The van der Waals surface area contributed by atoms with Gasteiger partial charge in [-0.25, -0.2) is 0 Å². The summed E-state index contributed by atoms with van der Waals surface area (Å²) in [6.07, 6.45) is 8.46. The molecule has 1 heterocycles.